The van der Waals surface area contributed by atoms with E-state index in [1.807, 2.05) is 54.6 Å². The van der Waals surface area contributed by atoms with Crippen LogP contribution in [0.25, 0.3) is 22.9 Å². The van der Waals surface area contributed by atoms with Gasteiger partial charge >= 0.3 is 0 Å². The highest BCUT2D eigenvalue weighted by Gasteiger charge is 1.99. The number of phenols is 1. The van der Waals surface area contributed by atoms with Crippen LogP contribution in [0, 0.1) is 0 Å². The van der Waals surface area contributed by atoms with Crippen molar-refractivity contribution < 1.29 is 5.11 Å². The van der Waals surface area contributed by atoms with E-state index in [0.717, 1.165) is 22.0 Å². The van der Waals surface area contributed by atoms with Crippen molar-refractivity contribution in [2.24, 2.45) is 0 Å². The number of aromatic nitrogens is 1. The maximum absolute atomic E-state index is 9.73. The lowest BCUT2D eigenvalue weighted by Gasteiger charge is -2.01. The smallest absolute Gasteiger partial charge is 0.122 e. The highest BCUT2D eigenvalue weighted by Crippen LogP contribution is 2.21. The Morgan fingerprint density at radius 3 is 2.53 bits per heavy atom. The molecular weight excluding hydrogens is 234 g/mol. The zero-order chi connectivity index (χ0) is 13.1. The third-order valence-corrected chi connectivity index (χ3v) is 3.06. The summed E-state index contributed by atoms with van der Waals surface area (Å²) in [5, 5.41) is 12.0. The SMILES string of the molecule is Oc1ccccc1C=Cc1nccc2ccccc12. The summed E-state index contributed by atoms with van der Waals surface area (Å²) in [5.41, 5.74) is 1.69. The molecule has 0 bridgehead atoms. The minimum Gasteiger partial charge on any atom is -0.507 e. The lowest BCUT2D eigenvalue weighted by atomic mass is 10.1. The minimum atomic E-state index is 0.277. The van der Waals surface area contributed by atoms with E-state index in [1.54, 1.807) is 12.3 Å². The molecule has 0 fully saturated rings. The molecular formula is C17H13NO. The van der Waals surface area contributed by atoms with Crippen molar-refractivity contribution in [3.63, 3.8) is 0 Å². The highest BCUT2D eigenvalue weighted by molar-refractivity contribution is 5.91. The Morgan fingerprint density at radius 1 is 0.842 bits per heavy atom. The van der Waals surface area contributed by atoms with Crippen molar-refractivity contribution in [3.05, 3.63) is 72.1 Å². The normalized spacial score (nSPS) is 11.2. The monoisotopic (exact) mass is 247 g/mol. The Labute approximate surface area is 111 Å². The van der Waals surface area contributed by atoms with Crippen molar-refractivity contribution >= 4 is 22.9 Å². The second kappa shape index (κ2) is 4.94. The number of fused-ring (bicyclic) bond motifs is 1. The van der Waals surface area contributed by atoms with Gasteiger partial charge in [0.1, 0.15) is 5.75 Å². The van der Waals surface area contributed by atoms with E-state index >= 15 is 0 Å². The van der Waals surface area contributed by atoms with Crippen molar-refractivity contribution in [1.82, 2.24) is 4.98 Å². The first-order valence-electron chi connectivity index (χ1n) is 6.14. The number of phenolic OH excluding ortho intramolecular Hbond substituents is 1. The Bertz CT molecular complexity index is 742. The summed E-state index contributed by atoms with van der Waals surface area (Å²) in [6.45, 7) is 0. The molecule has 1 N–H and O–H groups in total. The van der Waals surface area contributed by atoms with Crippen LogP contribution in [-0.2, 0) is 0 Å². The van der Waals surface area contributed by atoms with Gasteiger partial charge in [-0.25, -0.2) is 0 Å². The van der Waals surface area contributed by atoms with Gasteiger partial charge in [-0.15, -0.1) is 0 Å². The molecule has 0 aliphatic rings. The maximum atomic E-state index is 9.73. The van der Waals surface area contributed by atoms with E-state index in [-0.39, 0.29) is 5.75 Å². The molecule has 0 saturated heterocycles. The van der Waals surface area contributed by atoms with E-state index < -0.39 is 0 Å². The quantitative estimate of drug-likeness (QED) is 0.739. The van der Waals surface area contributed by atoms with Gasteiger partial charge in [0.25, 0.3) is 0 Å². The Hall–Kier alpha value is -2.61. The lowest BCUT2D eigenvalue weighted by Crippen LogP contribution is -1.83. The Kier molecular flexibility index (Phi) is 2.99. The number of nitrogens with zero attached hydrogens (tertiary/aromatic N) is 1. The summed E-state index contributed by atoms with van der Waals surface area (Å²) in [7, 11) is 0. The molecule has 0 unspecified atom stereocenters. The molecule has 2 aromatic carbocycles. The van der Waals surface area contributed by atoms with E-state index in [1.165, 1.54) is 0 Å². The maximum Gasteiger partial charge on any atom is 0.122 e. The minimum absolute atomic E-state index is 0.277. The largest absolute Gasteiger partial charge is 0.507 e. The fraction of sp³-hybridized carbons (Fsp3) is 0. The van der Waals surface area contributed by atoms with Crippen molar-refractivity contribution in [2.75, 3.05) is 0 Å². The summed E-state index contributed by atoms with van der Waals surface area (Å²) >= 11 is 0. The second-order valence-electron chi connectivity index (χ2n) is 4.31. The van der Waals surface area contributed by atoms with Crippen LogP contribution in [0.5, 0.6) is 5.75 Å². The summed E-state index contributed by atoms with van der Waals surface area (Å²) in [5.74, 6) is 0.277. The predicted octanol–water partition coefficient (Wildman–Crippen LogP) is 4.11. The summed E-state index contributed by atoms with van der Waals surface area (Å²) in [6, 6.07) is 17.4. The molecule has 0 atom stereocenters. The van der Waals surface area contributed by atoms with Crippen LogP contribution < -0.4 is 0 Å². The molecule has 3 rings (SSSR count). The third-order valence-electron chi connectivity index (χ3n) is 3.06. The van der Waals surface area contributed by atoms with Gasteiger partial charge in [-0.3, -0.25) is 4.98 Å². The summed E-state index contributed by atoms with van der Waals surface area (Å²) in [4.78, 5) is 4.38. The first-order chi connectivity index (χ1) is 9.34. The van der Waals surface area contributed by atoms with Gasteiger partial charge in [0.15, 0.2) is 0 Å². The number of benzene rings is 2. The fourth-order valence-electron chi connectivity index (χ4n) is 2.07. The van der Waals surface area contributed by atoms with Crippen LogP contribution in [0.3, 0.4) is 0 Å². The molecule has 92 valence electrons. The number of rotatable bonds is 2. The zero-order valence-electron chi connectivity index (χ0n) is 10.3. The fourth-order valence-corrected chi connectivity index (χ4v) is 2.07. The number of hydrogen-bond donors (Lipinski definition) is 1. The summed E-state index contributed by atoms with van der Waals surface area (Å²) in [6.07, 6.45) is 5.61. The van der Waals surface area contributed by atoms with Gasteiger partial charge < -0.3 is 5.11 Å². The van der Waals surface area contributed by atoms with Gasteiger partial charge in [0.2, 0.25) is 0 Å². The second-order valence-corrected chi connectivity index (χ2v) is 4.31. The van der Waals surface area contributed by atoms with Gasteiger partial charge in [-0.05, 0) is 29.7 Å². The number of hydrogen-bond acceptors (Lipinski definition) is 2. The van der Waals surface area contributed by atoms with E-state index in [4.69, 9.17) is 0 Å². The van der Waals surface area contributed by atoms with Gasteiger partial charge in [0, 0.05) is 17.1 Å². The number of pyridine rings is 1. The standard InChI is InChI=1S/C17H13NO/c19-17-8-4-2-6-14(17)9-10-16-15-7-3-1-5-13(15)11-12-18-16/h1-12,19H. The van der Waals surface area contributed by atoms with Gasteiger partial charge in [-0.2, -0.15) is 0 Å². The van der Waals surface area contributed by atoms with E-state index in [2.05, 4.69) is 11.1 Å². The zero-order valence-corrected chi connectivity index (χ0v) is 10.3. The lowest BCUT2D eigenvalue weighted by molar-refractivity contribution is 0.474. The first kappa shape index (κ1) is 11.5. The van der Waals surface area contributed by atoms with Crippen LogP contribution in [-0.4, -0.2) is 10.1 Å². The number of para-hydroxylation sites is 1. The van der Waals surface area contributed by atoms with Crippen molar-refractivity contribution in [3.8, 4) is 5.75 Å². The molecule has 0 aliphatic carbocycles. The highest BCUT2D eigenvalue weighted by atomic mass is 16.3. The Morgan fingerprint density at radius 2 is 1.63 bits per heavy atom. The topological polar surface area (TPSA) is 33.1 Å². The molecule has 0 amide bonds. The van der Waals surface area contributed by atoms with Crippen LogP contribution in [0.15, 0.2) is 60.8 Å². The molecule has 0 aliphatic heterocycles. The number of aromatic hydroxyl groups is 1. The van der Waals surface area contributed by atoms with Gasteiger partial charge in [0.05, 0.1) is 5.69 Å². The van der Waals surface area contributed by atoms with Gasteiger partial charge in [-0.1, -0.05) is 42.5 Å². The average Bonchev–Trinajstić information content (AvgIpc) is 2.46. The third kappa shape index (κ3) is 2.33. The van der Waals surface area contributed by atoms with Crippen LogP contribution in [0.1, 0.15) is 11.3 Å². The molecule has 2 nitrogen and oxygen atoms in total. The Balaban J connectivity index is 2.04. The molecule has 0 radical (unpaired) electrons. The van der Waals surface area contributed by atoms with Crippen LogP contribution >= 0.6 is 0 Å². The van der Waals surface area contributed by atoms with Crippen molar-refractivity contribution in [1.29, 1.82) is 0 Å². The molecule has 0 spiro atoms. The van der Waals surface area contributed by atoms with Crippen LogP contribution in [0.4, 0.5) is 0 Å². The van der Waals surface area contributed by atoms with E-state index in [9.17, 15) is 5.11 Å². The molecule has 19 heavy (non-hydrogen) atoms. The molecule has 2 heteroatoms. The molecule has 1 aromatic heterocycles. The summed E-state index contributed by atoms with van der Waals surface area (Å²) < 4.78 is 0. The predicted molar refractivity (Wildman–Crippen MR) is 78.8 cm³/mol. The molecule has 3 aromatic rings. The first-order valence-corrected chi connectivity index (χ1v) is 6.14. The average molecular weight is 247 g/mol. The van der Waals surface area contributed by atoms with E-state index in [0.29, 0.717) is 0 Å². The molecule has 1 heterocycles. The molecule has 0 saturated carbocycles. The van der Waals surface area contributed by atoms with Crippen molar-refractivity contribution in [2.45, 2.75) is 0 Å². The van der Waals surface area contributed by atoms with Crippen LogP contribution in [0.2, 0.25) is 0 Å².